The molecule has 0 aromatic heterocycles. The molecule has 2 aromatic rings. The molecule has 0 bridgehead atoms. The predicted molar refractivity (Wildman–Crippen MR) is 129 cm³/mol. The third-order valence-electron chi connectivity index (χ3n) is 6.79. The van der Waals surface area contributed by atoms with Gasteiger partial charge in [0.2, 0.25) is 0 Å². The number of nitrogens with one attached hydrogen (secondary N) is 1. The average Bonchev–Trinajstić information content (AvgIpc) is 2.82. The molecule has 1 N–H and O–H groups in total. The van der Waals surface area contributed by atoms with Gasteiger partial charge in [-0.05, 0) is 50.2 Å². The topological polar surface area (TPSA) is 44.8 Å². The average molecular weight is 436 g/mol. The molecule has 0 unspecified atom stereocenters. The number of nitrogens with zero attached hydrogens (tertiary/aromatic N) is 2. The number of hydrogen-bond acceptors (Lipinski definition) is 3. The van der Waals surface area contributed by atoms with E-state index >= 15 is 0 Å². The third-order valence-corrected chi connectivity index (χ3v) is 6.79. The van der Waals surface area contributed by atoms with Crippen LogP contribution in [0.3, 0.4) is 0 Å². The van der Waals surface area contributed by atoms with E-state index in [1.807, 2.05) is 6.07 Å². The molecule has 5 heteroatoms. The van der Waals surface area contributed by atoms with Crippen molar-refractivity contribution in [2.45, 2.75) is 57.7 Å². The van der Waals surface area contributed by atoms with Gasteiger partial charge in [0.1, 0.15) is 0 Å². The van der Waals surface area contributed by atoms with E-state index in [-0.39, 0.29) is 12.1 Å². The molecule has 2 amide bonds. The van der Waals surface area contributed by atoms with E-state index in [4.69, 9.17) is 4.74 Å². The van der Waals surface area contributed by atoms with E-state index in [9.17, 15) is 4.79 Å². The normalized spacial score (nSPS) is 18.4. The number of likely N-dealkylation sites (tertiary alicyclic amines) is 1. The van der Waals surface area contributed by atoms with Gasteiger partial charge in [0.25, 0.3) is 0 Å². The Labute approximate surface area is 192 Å². The van der Waals surface area contributed by atoms with Gasteiger partial charge < -0.3 is 15.0 Å². The fourth-order valence-electron chi connectivity index (χ4n) is 5.07. The Morgan fingerprint density at radius 1 is 0.969 bits per heavy atom. The highest BCUT2D eigenvalue weighted by molar-refractivity contribution is 5.75. The number of urea groups is 1. The third kappa shape index (κ3) is 6.33. The molecule has 2 fully saturated rings. The first-order valence-electron chi connectivity index (χ1n) is 12.1. The van der Waals surface area contributed by atoms with Gasteiger partial charge >= 0.3 is 6.03 Å². The molecule has 2 aliphatic rings. The number of aryl methyl sites for hydroxylation is 1. The van der Waals surface area contributed by atoms with Crippen LogP contribution in [-0.2, 0) is 17.7 Å². The van der Waals surface area contributed by atoms with Crippen LogP contribution < -0.4 is 5.32 Å². The second kappa shape index (κ2) is 11.5. The summed E-state index contributed by atoms with van der Waals surface area (Å²) in [5, 5.41) is 3.22. The van der Waals surface area contributed by atoms with Crippen LogP contribution in [0.25, 0.3) is 0 Å². The number of benzene rings is 2. The fraction of sp³-hybridized carbons (Fsp3) is 0.519. The summed E-state index contributed by atoms with van der Waals surface area (Å²) in [6.45, 7) is 7.40. The lowest BCUT2D eigenvalue weighted by Gasteiger charge is -2.43. The van der Waals surface area contributed by atoms with Crippen molar-refractivity contribution in [3.8, 4) is 0 Å². The summed E-state index contributed by atoms with van der Waals surface area (Å²) in [5.74, 6) is 0. The first-order chi connectivity index (χ1) is 15.7. The lowest BCUT2D eigenvalue weighted by Crippen LogP contribution is -2.56. The summed E-state index contributed by atoms with van der Waals surface area (Å²) in [4.78, 5) is 18.0. The minimum absolute atomic E-state index is 0.102. The van der Waals surface area contributed by atoms with Crippen LogP contribution in [0.4, 0.5) is 4.79 Å². The first kappa shape index (κ1) is 22.8. The molecule has 2 aliphatic heterocycles. The molecule has 0 saturated carbocycles. The largest absolute Gasteiger partial charge is 0.381 e. The summed E-state index contributed by atoms with van der Waals surface area (Å²) in [5.41, 5.74) is 3.95. The van der Waals surface area contributed by atoms with Crippen LogP contribution in [-0.4, -0.2) is 60.8 Å². The summed E-state index contributed by atoms with van der Waals surface area (Å²) in [6.07, 6.45) is 4.82. The van der Waals surface area contributed by atoms with Crippen molar-refractivity contribution in [1.82, 2.24) is 15.1 Å². The van der Waals surface area contributed by atoms with E-state index < -0.39 is 0 Å². The highest BCUT2D eigenvalue weighted by Gasteiger charge is 2.34. The quantitative estimate of drug-likeness (QED) is 0.701. The van der Waals surface area contributed by atoms with Gasteiger partial charge in [-0.3, -0.25) is 4.90 Å². The minimum atomic E-state index is 0.102. The minimum Gasteiger partial charge on any atom is -0.381 e. The zero-order valence-electron chi connectivity index (χ0n) is 19.3. The molecule has 0 spiro atoms. The van der Waals surface area contributed by atoms with Crippen molar-refractivity contribution >= 4 is 6.03 Å². The SMILES string of the molecule is Cc1cccc(CN2CCC(N(C(=O)NCCc3ccccc3)C3CCOCC3)CC2)c1. The van der Waals surface area contributed by atoms with Gasteiger partial charge in [0.15, 0.2) is 0 Å². The van der Waals surface area contributed by atoms with E-state index in [0.717, 1.165) is 65.0 Å². The number of rotatable bonds is 7. The smallest absolute Gasteiger partial charge is 0.317 e. The van der Waals surface area contributed by atoms with Gasteiger partial charge in [0.05, 0.1) is 0 Å². The van der Waals surface area contributed by atoms with E-state index in [1.165, 1.54) is 16.7 Å². The maximum atomic E-state index is 13.3. The summed E-state index contributed by atoms with van der Waals surface area (Å²) >= 11 is 0. The number of carbonyl (C=O) groups excluding carboxylic acids is 1. The van der Waals surface area contributed by atoms with Crippen molar-refractivity contribution in [1.29, 1.82) is 0 Å². The van der Waals surface area contributed by atoms with Crippen LogP contribution in [0.2, 0.25) is 0 Å². The molecule has 2 saturated heterocycles. The van der Waals surface area contributed by atoms with Crippen molar-refractivity contribution in [2.75, 3.05) is 32.8 Å². The van der Waals surface area contributed by atoms with Crippen molar-refractivity contribution < 1.29 is 9.53 Å². The van der Waals surface area contributed by atoms with Gasteiger partial charge in [0, 0.05) is 51.5 Å². The van der Waals surface area contributed by atoms with Crippen molar-refractivity contribution in [3.63, 3.8) is 0 Å². The van der Waals surface area contributed by atoms with Gasteiger partial charge in [-0.15, -0.1) is 0 Å². The molecule has 4 rings (SSSR count). The Kier molecular flexibility index (Phi) is 8.18. The number of amides is 2. The maximum absolute atomic E-state index is 13.3. The lowest BCUT2D eigenvalue weighted by atomic mass is 9.98. The van der Waals surface area contributed by atoms with Gasteiger partial charge in [-0.25, -0.2) is 4.79 Å². The second-order valence-corrected chi connectivity index (χ2v) is 9.21. The van der Waals surface area contributed by atoms with Gasteiger partial charge in [-0.1, -0.05) is 60.2 Å². The van der Waals surface area contributed by atoms with Crippen molar-refractivity contribution in [3.05, 3.63) is 71.3 Å². The van der Waals surface area contributed by atoms with Crippen molar-refractivity contribution in [2.24, 2.45) is 0 Å². The van der Waals surface area contributed by atoms with Crippen LogP contribution in [0.1, 0.15) is 42.4 Å². The molecule has 0 aliphatic carbocycles. The van der Waals surface area contributed by atoms with Crippen LogP contribution in [0.5, 0.6) is 0 Å². The molecule has 0 atom stereocenters. The van der Waals surface area contributed by atoms with Crippen LogP contribution in [0.15, 0.2) is 54.6 Å². The molecule has 2 heterocycles. The van der Waals surface area contributed by atoms with E-state index in [2.05, 4.69) is 70.6 Å². The number of ether oxygens (including phenoxy) is 1. The summed E-state index contributed by atoms with van der Waals surface area (Å²) < 4.78 is 5.58. The number of piperidine rings is 1. The van der Waals surface area contributed by atoms with E-state index in [0.29, 0.717) is 12.6 Å². The molecule has 5 nitrogen and oxygen atoms in total. The standard InChI is InChI=1S/C27H37N3O2/c1-22-6-5-9-24(20-22)21-29-16-11-25(12-17-29)30(26-13-18-32-19-14-26)27(31)28-15-10-23-7-3-2-4-8-23/h2-9,20,25-26H,10-19,21H2,1H3,(H,28,31). The first-order valence-corrected chi connectivity index (χ1v) is 12.1. The fourth-order valence-corrected chi connectivity index (χ4v) is 5.07. The predicted octanol–water partition coefficient (Wildman–Crippen LogP) is 4.39. The Balaban J connectivity index is 1.33. The highest BCUT2D eigenvalue weighted by Crippen LogP contribution is 2.25. The highest BCUT2D eigenvalue weighted by atomic mass is 16.5. The second-order valence-electron chi connectivity index (χ2n) is 9.21. The molecular weight excluding hydrogens is 398 g/mol. The zero-order chi connectivity index (χ0) is 22.2. The molecular formula is C27H37N3O2. The number of hydrogen-bond donors (Lipinski definition) is 1. The Bertz CT molecular complexity index is 843. The molecule has 0 radical (unpaired) electrons. The monoisotopic (exact) mass is 435 g/mol. The zero-order valence-corrected chi connectivity index (χ0v) is 19.3. The summed E-state index contributed by atoms with van der Waals surface area (Å²) in [7, 11) is 0. The molecule has 172 valence electrons. The Hall–Kier alpha value is -2.37. The number of carbonyl (C=O) groups is 1. The van der Waals surface area contributed by atoms with Crippen LogP contribution in [0, 0.1) is 6.92 Å². The lowest BCUT2D eigenvalue weighted by molar-refractivity contribution is 0.0204. The Morgan fingerprint density at radius 3 is 2.38 bits per heavy atom. The maximum Gasteiger partial charge on any atom is 0.317 e. The van der Waals surface area contributed by atoms with Crippen LogP contribution >= 0.6 is 0 Å². The van der Waals surface area contributed by atoms with Gasteiger partial charge in [-0.2, -0.15) is 0 Å². The molecule has 2 aromatic carbocycles. The van der Waals surface area contributed by atoms with E-state index in [1.54, 1.807) is 0 Å². The summed E-state index contributed by atoms with van der Waals surface area (Å²) in [6, 6.07) is 19.9. The Morgan fingerprint density at radius 2 is 1.66 bits per heavy atom. The molecule has 32 heavy (non-hydrogen) atoms.